The molecule has 0 bridgehead atoms. The van der Waals surface area contributed by atoms with E-state index >= 15 is 0 Å². The molecule has 6 heteroatoms. The second kappa shape index (κ2) is 6.36. The predicted molar refractivity (Wildman–Crippen MR) is 71.2 cm³/mol. The molecule has 0 aromatic carbocycles. The van der Waals surface area contributed by atoms with Gasteiger partial charge in [-0.3, -0.25) is 9.89 Å². The lowest BCUT2D eigenvalue weighted by Crippen LogP contribution is -2.41. The second-order valence-corrected chi connectivity index (χ2v) is 4.92. The number of rotatable bonds is 6. The maximum Gasteiger partial charge on any atom is 0.326 e. The van der Waals surface area contributed by atoms with Crippen LogP contribution in [-0.4, -0.2) is 33.2 Å². The van der Waals surface area contributed by atoms with E-state index < -0.39 is 12.0 Å². The molecular weight excluding hydrogens is 246 g/mol. The smallest absolute Gasteiger partial charge is 0.326 e. The topological polar surface area (TPSA) is 95.1 Å². The lowest BCUT2D eigenvalue weighted by atomic mass is 10.0. The summed E-state index contributed by atoms with van der Waals surface area (Å²) in [6.45, 7) is 7.51. The monoisotopic (exact) mass is 267 g/mol. The first-order chi connectivity index (χ1) is 8.88. The summed E-state index contributed by atoms with van der Waals surface area (Å²) in [6, 6.07) is -0.855. The van der Waals surface area contributed by atoms with Crippen molar-refractivity contribution in [3.8, 4) is 0 Å². The molecule has 0 aliphatic carbocycles. The van der Waals surface area contributed by atoms with Crippen LogP contribution in [0.5, 0.6) is 0 Å². The minimum absolute atomic E-state index is 0.0974. The van der Waals surface area contributed by atoms with Crippen LogP contribution in [0.2, 0.25) is 0 Å². The van der Waals surface area contributed by atoms with Crippen LogP contribution in [0.15, 0.2) is 0 Å². The summed E-state index contributed by atoms with van der Waals surface area (Å²) >= 11 is 0. The van der Waals surface area contributed by atoms with E-state index in [1.807, 2.05) is 20.8 Å². The summed E-state index contributed by atoms with van der Waals surface area (Å²) < 4.78 is 0. The summed E-state index contributed by atoms with van der Waals surface area (Å²) in [6.07, 6.45) is 1.10. The minimum atomic E-state index is -1.01. The van der Waals surface area contributed by atoms with Crippen LogP contribution in [0.1, 0.15) is 61.3 Å². The van der Waals surface area contributed by atoms with E-state index in [4.69, 9.17) is 5.11 Å². The number of carbonyl (C=O) groups is 2. The Morgan fingerprint density at radius 3 is 2.53 bits per heavy atom. The Kier molecular flexibility index (Phi) is 5.09. The molecule has 0 saturated carbocycles. The fourth-order valence-electron chi connectivity index (χ4n) is 1.93. The molecule has 1 heterocycles. The van der Waals surface area contributed by atoms with Crippen molar-refractivity contribution in [1.82, 2.24) is 15.5 Å². The summed E-state index contributed by atoms with van der Waals surface area (Å²) in [5.74, 6) is -1.29. The lowest BCUT2D eigenvalue weighted by molar-refractivity contribution is -0.139. The summed E-state index contributed by atoms with van der Waals surface area (Å²) in [5.41, 5.74) is 1.77. The van der Waals surface area contributed by atoms with Gasteiger partial charge in [-0.1, -0.05) is 27.2 Å². The highest BCUT2D eigenvalue weighted by atomic mass is 16.4. The van der Waals surface area contributed by atoms with Crippen molar-refractivity contribution in [3.63, 3.8) is 0 Å². The molecule has 0 spiro atoms. The number of hydrogen-bond acceptors (Lipinski definition) is 3. The number of carboxylic acids is 1. The van der Waals surface area contributed by atoms with E-state index in [-0.39, 0.29) is 11.8 Å². The second-order valence-electron chi connectivity index (χ2n) is 4.92. The van der Waals surface area contributed by atoms with Crippen molar-refractivity contribution in [2.45, 2.75) is 52.5 Å². The summed E-state index contributed by atoms with van der Waals surface area (Å²) in [7, 11) is 0. The van der Waals surface area contributed by atoms with Crippen molar-refractivity contribution in [2.75, 3.05) is 0 Å². The van der Waals surface area contributed by atoms with Gasteiger partial charge in [0.1, 0.15) is 6.04 Å². The molecule has 6 nitrogen and oxygen atoms in total. The van der Waals surface area contributed by atoms with Crippen LogP contribution in [0.4, 0.5) is 0 Å². The van der Waals surface area contributed by atoms with Crippen LogP contribution in [0.25, 0.3) is 0 Å². The SMILES string of the molecule is CCCC(NC(=O)c1c(C(C)C)n[nH]c1C)C(=O)O. The zero-order valence-electron chi connectivity index (χ0n) is 11.8. The first-order valence-electron chi connectivity index (χ1n) is 6.47. The predicted octanol–water partition coefficient (Wildman–Crippen LogP) is 1.82. The van der Waals surface area contributed by atoms with Crippen molar-refractivity contribution in [3.05, 3.63) is 17.0 Å². The fraction of sp³-hybridized carbons (Fsp3) is 0.615. The molecular formula is C13H21N3O3. The van der Waals surface area contributed by atoms with Crippen molar-refractivity contribution >= 4 is 11.9 Å². The van der Waals surface area contributed by atoms with Gasteiger partial charge in [-0.05, 0) is 19.3 Å². The maximum atomic E-state index is 12.2. The Morgan fingerprint density at radius 1 is 1.42 bits per heavy atom. The summed E-state index contributed by atoms with van der Waals surface area (Å²) in [4.78, 5) is 23.3. The fourth-order valence-corrected chi connectivity index (χ4v) is 1.93. The third-order valence-corrected chi connectivity index (χ3v) is 2.93. The quantitative estimate of drug-likeness (QED) is 0.732. The van der Waals surface area contributed by atoms with Crippen LogP contribution >= 0.6 is 0 Å². The molecule has 1 rings (SSSR count). The number of aromatic amines is 1. The highest BCUT2D eigenvalue weighted by Gasteiger charge is 2.24. The van der Waals surface area contributed by atoms with Gasteiger partial charge in [0, 0.05) is 5.69 Å². The Bertz CT molecular complexity index is 466. The van der Waals surface area contributed by atoms with Gasteiger partial charge in [0.2, 0.25) is 0 Å². The average Bonchev–Trinajstić information content (AvgIpc) is 2.70. The highest BCUT2D eigenvalue weighted by molar-refractivity contribution is 5.98. The van der Waals surface area contributed by atoms with Gasteiger partial charge in [-0.25, -0.2) is 4.79 Å². The molecule has 19 heavy (non-hydrogen) atoms. The number of carbonyl (C=O) groups excluding carboxylic acids is 1. The van der Waals surface area contributed by atoms with Crippen LogP contribution < -0.4 is 5.32 Å². The Morgan fingerprint density at radius 2 is 2.05 bits per heavy atom. The molecule has 1 atom stereocenters. The molecule has 1 aromatic heterocycles. The van der Waals surface area contributed by atoms with Crippen molar-refractivity contribution in [2.24, 2.45) is 0 Å². The third-order valence-electron chi connectivity index (χ3n) is 2.93. The summed E-state index contributed by atoms with van der Waals surface area (Å²) in [5, 5.41) is 18.5. The number of H-pyrrole nitrogens is 1. The molecule has 0 radical (unpaired) electrons. The first-order valence-corrected chi connectivity index (χ1v) is 6.47. The van der Waals surface area contributed by atoms with Gasteiger partial charge in [-0.15, -0.1) is 0 Å². The zero-order chi connectivity index (χ0) is 14.6. The molecule has 106 valence electrons. The molecule has 1 amide bonds. The molecule has 3 N–H and O–H groups in total. The molecule has 0 fully saturated rings. The highest BCUT2D eigenvalue weighted by Crippen LogP contribution is 2.19. The van der Waals surface area contributed by atoms with Crippen molar-refractivity contribution < 1.29 is 14.7 Å². The third kappa shape index (κ3) is 3.56. The van der Waals surface area contributed by atoms with Gasteiger partial charge in [-0.2, -0.15) is 5.10 Å². The molecule has 1 unspecified atom stereocenters. The molecule has 1 aromatic rings. The minimum Gasteiger partial charge on any atom is -0.480 e. The van der Waals surface area contributed by atoms with E-state index in [1.165, 1.54) is 0 Å². The van der Waals surface area contributed by atoms with Gasteiger partial charge in [0.05, 0.1) is 11.3 Å². The van der Waals surface area contributed by atoms with E-state index in [9.17, 15) is 9.59 Å². The number of nitrogens with one attached hydrogen (secondary N) is 2. The lowest BCUT2D eigenvalue weighted by Gasteiger charge is -2.14. The number of amides is 1. The van der Waals surface area contributed by atoms with Gasteiger partial charge >= 0.3 is 5.97 Å². The number of nitrogens with zero attached hydrogens (tertiary/aromatic N) is 1. The molecule has 0 aliphatic heterocycles. The van der Waals surface area contributed by atoms with Crippen LogP contribution in [0.3, 0.4) is 0 Å². The van der Waals surface area contributed by atoms with Gasteiger partial charge < -0.3 is 10.4 Å². The average molecular weight is 267 g/mol. The number of carboxylic acid groups (broad SMARTS) is 1. The number of aromatic nitrogens is 2. The molecule has 0 saturated heterocycles. The normalized spacial score (nSPS) is 12.5. The Hall–Kier alpha value is -1.85. The Balaban J connectivity index is 2.94. The van der Waals surface area contributed by atoms with Crippen LogP contribution in [0, 0.1) is 6.92 Å². The largest absolute Gasteiger partial charge is 0.480 e. The standard InChI is InChI=1S/C13H21N3O3/c1-5-6-9(13(18)19)14-12(17)10-8(4)15-16-11(10)7(2)3/h7,9H,5-6H2,1-4H3,(H,14,17)(H,15,16)(H,18,19). The van der Waals surface area contributed by atoms with E-state index in [0.717, 1.165) is 0 Å². The van der Waals surface area contributed by atoms with E-state index in [0.29, 0.717) is 29.8 Å². The number of aliphatic carboxylic acids is 1. The molecule has 0 aliphatic rings. The van der Waals surface area contributed by atoms with E-state index in [2.05, 4.69) is 15.5 Å². The van der Waals surface area contributed by atoms with Crippen molar-refractivity contribution in [1.29, 1.82) is 0 Å². The first kappa shape index (κ1) is 15.2. The number of aryl methyl sites for hydroxylation is 1. The maximum absolute atomic E-state index is 12.2. The zero-order valence-corrected chi connectivity index (χ0v) is 11.8. The van der Waals surface area contributed by atoms with Gasteiger partial charge in [0.25, 0.3) is 5.91 Å². The Labute approximate surface area is 112 Å². The van der Waals surface area contributed by atoms with Gasteiger partial charge in [0.15, 0.2) is 0 Å². The van der Waals surface area contributed by atoms with Crippen LogP contribution in [-0.2, 0) is 4.79 Å². The number of hydrogen-bond donors (Lipinski definition) is 3. The van der Waals surface area contributed by atoms with E-state index in [1.54, 1.807) is 6.92 Å².